The molecule has 0 spiro atoms. The molecule has 0 N–H and O–H groups in total. The van der Waals surface area contributed by atoms with Crippen molar-refractivity contribution in [1.82, 2.24) is 0 Å². The van der Waals surface area contributed by atoms with Crippen LogP contribution in [-0.4, -0.2) is 0 Å². The highest BCUT2D eigenvalue weighted by atomic mass is 35.5. The van der Waals surface area contributed by atoms with Gasteiger partial charge in [-0.15, -0.1) is 0 Å². The molecule has 1 nitrogen and oxygen atoms in total. The molecule has 2 rings (SSSR count). The summed E-state index contributed by atoms with van der Waals surface area (Å²) in [6.45, 7) is 0. The fourth-order valence-electron chi connectivity index (χ4n) is 1.48. The summed E-state index contributed by atoms with van der Waals surface area (Å²) in [6, 6.07) is 9.81. The van der Waals surface area contributed by atoms with E-state index in [0.29, 0.717) is 11.1 Å². The Morgan fingerprint density at radius 1 is 1.00 bits per heavy atom. The van der Waals surface area contributed by atoms with Gasteiger partial charge in [-0.25, -0.2) is 8.78 Å². The summed E-state index contributed by atoms with van der Waals surface area (Å²) in [5, 5.41) is 8.66. The minimum Gasteiger partial charge on any atom is -0.206 e. The Bertz CT molecular complexity index is 617. The van der Waals surface area contributed by atoms with Gasteiger partial charge in [-0.1, -0.05) is 17.7 Å². The fourth-order valence-corrected chi connectivity index (χ4v) is 1.66. The first-order valence-electron chi connectivity index (χ1n) is 4.77. The lowest BCUT2D eigenvalue weighted by Crippen LogP contribution is -1.87. The highest BCUT2D eigenvalue weighted by molar-refractivity contribution is 6.31. The zero-order valence-electron chi connectivity index (χ0n) is 8.55. The molecule has 2 aromatic rings. The first-order valence-corrected chi connectivity index (χ1v) is 5.14. The molecule has 0 aliphatic rings. The first kappa shape index (κ1) is 11.6. The number of hydrogen-bond acceptors (Lipinski definition) is 1. The Morgan fingerprint density at radius 3 is 2.35 bits per heavy atom. The number of rotatable bonds is 1. The van der Waals surface area contributed by atoms with E-state index in [1.54, 1.807) is 0 Å². The van der Waals surface area contributed by atoms with E-state index in [9.17, 15) is 8.78 Å². The second kappa shape index (κ2) is 4.52. The van der Waals surface area contributed by atoms with E-state index in [4.69, 9.17) is 16.9 Å². The summed E-state index contributed by atoms with van der Waals surface area (Å²) in [7, 11) is 0. The van der Waals surface area contributed by atoms with E-state index in [0.717, 1.165) is 6.07 Å². The minimum absolute atomic E-state index is 0.0794. The van der Waals surface area contributed by atoms with Gasteiger partial charge in [0.05, 0.1) is 16.7 Å². The predicted molar refractivity (Wildman–Crippen MR) is 61.5 cm³/mol. The summed E-state index contributed by atoms with van der Waals surface area (Å²) in [5.74, 6) is -1.04. The molecular weight excluding hydrogens is 244 g/mol. The van der Waals surface area contributed by atoms with Crippen molar-refractivity contribution in [2.75, 3.05) is 0 Å². The van der Waals surface area contributed by atoms with Gasteiger partial charge in [0.1, 0.15) is 11.6 Å². The van der Waals surface area contributed by atoms with Crippen LogP contribution < -0.4 is 0 Å². The van der Waals surface area contributed by atoms with Crippen molar-refractivity contribution in [3.05, 3.63) is 58.6 Å². The Hall–Kier alpha value is -1.92. The van der Waals surface area contributed by atoms with E-state index < -0.39 is 11.6 Å². The van der Waals surface area contributed by atoms with Gasteiger partial charge in [0.15, 0.2) is 0 Å². The van der Waals surface area contributed by atoms with Crippen LogP contribution in [0.2, 0.25) is 5.02 Å². The number of nitriles is 1. The van der Waals surface area contributed by atoms with E-state index in [1.807, 2.05) is 6.07 Å². The summed E-state index contributed by atoms with van der Waals surface area (Å²) in [4.78, 5) is 0. The maximum atomic E-state index is 13.6. The van der Waals surface area contributed by atoms with Crippen molar-refractivity contribution >= 4 is 11.6 Å². The summed E-state index contributed by atoms with van der Waals surface area (Å²) >= 11 is 5.63. The van der Waals surface area contributed by atoms with Gasteiger partial charge in [0.2, 0.25) is 0 Å². The fraction of sp³-hybridized carbons (Fsp3) is 0. The Labute approximate surface area is 102 Å². The van der Waals surface area contributed by atoms with E-state index in [2.05, 4.69) is 0 Å². The minimum atomic E-state index is -0.563. The third-order valence-electron chi connectivity index (χ3n) is 2.33. The molecule has 2 aromatic carbocycles. The van der Waals surface area contributed by atoms with Crippen LogP contribution in [0.1, 0.15) is 5.56 Å². The van der Waals surface area contributed by atoms with Crippen molar-refractivity contribution in [3.8, 4) is 17.2 Å². The van der Waals surface area contributed by atoms with Gasteiger partial charge in [-0.2, -0.15) is 5.26 Å². The average Bonchev–Trinajstić information content (AvgIpc) is 2.33. The third kappa shape index (κ3) is 2.27. The van der Waals surface area contributed by atoms with Crippen LogP contribution in [0.5, 0.6) is 0 Å². The molecule has 0 fully saturated rings. The van der Waals surface area contributed by atoms with Crippen molar-refractivity contribution < 1.29 is 8.78 Å². The molecule has 0 aliphatic carbocycles. The first-order chi connectivity index (χ1) is 8.11. The van der Waals surface area contributed by atoms with Crippen LogP contribution in [-0.2, 0) is 0 Å². The van der Waals surface area contributed by atoms with Gasteiger partial charge < -0.3 is 0 Å². The molecule has 0 unspecified atom stereocenters. The summed E-state index contributed by atoms with van der Waals surface area (Å²) in [6.07, 6.45) is 0. The van der Waals surface area contributed by atoms with Crippen molar-refractivity contribution in [2.24, 2.45) is 0 Å². The van der Waals surface area contributed by atoms with E-state index >= 15 is 0 Å². The van der Waals surface area contributed by atoms with Crippen LogP contribution in [0.4, 0.5) is 8.78 Å². The lowest BCUT2D eigenvalue weighted by molar-refractivity contribution is 0.626. The molecule has 0 bridgehead atoms. The largest absolute Gasteiger partial charge is 0.206 e. The molecule has 0 radical (unpaired) electrons. The third-order valence-corrected chi connectivity index (χ3v) is 2.62. The quantitative estimate of drug-likeness (QED) is 0.745. The maximum Gasteiger partial charge on any atom is 0.141 e. The predicted octanol–water partition coefficient (Wildman–Crippen LogP) is 4.16. The average molecular weight is 250 g/mol. The molecule has 0 aromatic heterocycles. The molecule has 4 heteroatoms. The molecule has 0 atom stereocenters. The molecule has 0 amide bonds. The van der Waals surface area contributed by atoms with Crippen LogP contribution >= 0.6 is 11.6 Å². The second-order valence-corrected chi connectivity index (χ2v) is 3.84. The topological polar surface area (TPSA) is 23.8 Å². The SMILES string of the molecule is N#Cc1ccc(F)c(-c2ccc(F)c(Cl)c2)c1. The van der Waals surface area contributed by atoms with Gasteiger partial charge in [0.25, 0.3) is 0 Å². The summed E-state index contributed by atoms with van der Waals surface area (Å²) < 4.78 is 26.6. The van der Waals surface area contributed by atoms with Crippen LogP contribution in [0.3, 0.4) is 0 Å². The molecule has 84 valence electrons. The Balaban J connectivity index is 2.60. The monoisotopic (exact) mass is 249 g/mol. The molecule has 0 aliphatic heterocycles. The van der Waals surface area contributed by atoms with Gasteiger partial charge in [-0.05, 0) is 35.9 Å². The highest BCUT2D eigenvalue weighted by Gasteiger charge is 2.08. The second-order valence-electron chi connectivity index (χ2n) is 3.44. The molecule has 0 heterocycles. The van der Waals surface area contributed by atoms with Crippen molar-refractivity contribution in [2.45, 2.75) is 0 Å². The van der Waals surface area contributed by atoms with Crippen LogP contribution in [0.25, 0.3) is 11.1 Å². The lowest BCUT2D eigenvalue weighted by atomic mass is 10.0. The molecular formula is C13H6ClF2N. The van der Waals surface area contributed by atoms with Crippen molar-refractivity contribution in [3.63, 3.8) is 0 Å². The number of hydrogen-bond donors (Lipinski definition) is 0. The number of benzene rings is 2. The molecule has 0 saturated carbocycles. The zero-order valence-corrected chi connectivity index (χ0v) is 9.30. The summed E-state index contributed by atoms with van der Waals surface area (Å²) in [5.41, 5.74) is 0.999. The number of nitrogens with zero attached hydrogens (tertiary/aromatic N) is 1. The maximum absolute atomic E-state index is 13.6. The van der Waals surface area contributed by atoms with Crippen LogP contribution in [0.15, 0.2) is 36.4 Å². The highest BCUT2D eigenvalue weighted by Crippen LogP contribution is 2.27. The Morgan fingerprint density at radius 2 is 1.71 bits per heavy atom. The molecule has 0 saturated heterocycles. The van der Waals surface area contributed by atoms with E-state index in [-0.39, 0.29) is 10.6 Å². The molecule has 17 heavy (non-hydrogen) atoms. The number of halogens is 3. The lowest BCUT2D eigenvalue weighted by Gasteiger charge is -2.05. The standard InChI is InChI=1S/C13H6ClF2N/c14-11-6-9(2-4-13(11)16)10-5-8(7-17)1-3-12(10)15/h1-6H. The van der Waals surface area contributed by atoms with E-state index in [1.165, 1.54) is 30.3 Å². The smallest absolute Gasteiger partial charge is 0.141 e. The van der Waals surface area contributed by atoms with Gasteiger partial charge >= 0.3 is 0 Å². The zero-order chi connectivity index (χ0) is 12.4. The normalized spacial score (nSPS) is 10.0. The van der Waals surface area contributed by atoms with Crippen molar-refractivity contribution in [1.29, 1.82) is 5.26 Å². The Kier molecular flexibility index (Phi) is 3.08. The van der Waals surface area contributed by atoms with Gasteiger partial charge in [0, 0.05) is 5.56 Å². The van der Waals surface area contributed by atoms with Crippen LogP contribution in [0, 0.1) is 23.0 Å². The van der Waals surface area contributed by atoms with Gasteiger partial charge in [-0.3, -0.25) is 0 Å².